The van der Waals surface area contributed by atoms with Crippen LogP contribution in [0, 0.1) is 6.92 Å². The summed E-state index contributed by atoms with van der Waals surface area (Å²) in [5.74, 6) is 0. The van der Waals surface area contributed by atoms with Crippen molar-refractivity contribution in [1.82, 2.24) is 0 Å². The second-order valence-electron chi connectivity index (χ2n) is 5.95. The largest absolute Gasteiger partial charge is 0.362 e. The fraction of sp³-hybridized carbons (Fsp3) is 0.368. The summed E-state index contributed by atoms with van der Waals surface area (Å²) in [5.41, 5.74) is 12.0. The van der Waals surface area contributed by atoms with Gasteiger partial charge in [0.1, 0.15) is 0 Å². The number of nitrogens with zero attached hydrogens (tertiary/aromatic N) is 1. The van der Waals surface area contributed by atoms with Crippen molar-refractivity contribution < 1.29 is 0 Å². The van der Waals surface area contributed by atoms with E-state index in [0.29, 0.717) is 0 Å². The van der Waals surface area contributed by atoms with Crippen molar-refractivity contribution in [2.75, 3.05) is 11.4 Å². The third-order valence-electron chi connectivity index (χ3n) is 4.64. The first kappa shape index (κ1) is 14.2. The van der Waals surface area contributed by atoms with Gasteiger partial charge in [-0.15, -0.1) is 0 Å². The minimum Gasteiger partial charge on any atom is -0.362 e. The van der Waals surface area contributed by atoms with Crippen LogP contribution >= 0.6 is 0 Å². The Morgan fingerprint density at radius 3 is 2.57 bits per heavy atom. The molecule has 2 unspecified atom stereocenters. The van der Waals surface area contributed by atoms with Gasteiger partial charge in [0.15, 0.2) is 0 Å². The topological polar surface area (TPSA) is 29.3 Å². The molecule has 0 aliphatic carbocycles. The van der Waals surface area contributed by atoms with Gasteiger partial charge >= 0.3 is 0 Å². The van der Waals surface area contributed by atoms with Crippen LogP contribution in [0.2, 0.25) is 0 Å². The van der Waals surface area contributed by atoms with Crippen LogP contribution in [0.3, 0.4) is 0 Å². The average molecular weight is 280 g/mol. The zero-order chi connectivity index (χ0) is 14.8. The molecule has 0 radical (unpaired) electrons. The quantitative estimate of drug-likeness (QED) is 0.922. The first-order valence-electron chi connectivity index (χ1n) is 7.88. The van der Waals surface area contributed by atoms with Crippen LogP contribution in [0.5, 0.6) is 0 Å². The molecule has 0 saturated carbocycles. The van der Waals surface area contributed by atoms with Crippen LogP contribution in [-0.4, -0.2) is 12.6 Å². The van der Waals surface area contributed by atoms with E-state index in [9.17, 15) is 0 Å². The molecule has 0 fully saturated rings. The summed E-state index contributed by atoms with van der Waals surface area (Å²) >= 11 is 0. The van der Waals surface area contributed by atoms with Gasteiger partial charge in [-0.3, -0.25) is 0 Å². The number of fused-ring (bicyclic) bond motifs is 1. The molecule has 2 aromatic carbocycles. The number of nitrogens with two attached hydrogens (primary N) is 1. The molecule has 110 valence electrons. The molecule has 3 rings (SSSR count). The van der Waals surface area contributed by atoms with Crippen LogP contribution < -0.4 is 10.6 Å². The van der Waals surface area contributed by atoms with Gasteiger partial charge in [-0.2, -0.15) is 0 Å². The summed E-state index contributed by atoms with van der Waals surface area (Å²) in [6, 6.07) is 17.8. The zero-order valence-corrected chi connectivity index (χ0v) is 12.9. The maximum atomic E-state index is 6.51. The van der Waals surface area contributed by atoms with Crippen LogP contribution in [0.4, 0.5) is 5.69 Å². The highest BCUT2D eigenvalue weighted by atomic mass is 15.2. The Morgan fingerprint density at radius 2 is 1.81 bits per heavy atom. The average Bonchev–Trinajstić information content (AvgIpc) is 2.93. The van der Waals surface area contributed by atoms with E-state index in [1.54, 1.807) is 0 Å². The van der Waals surface area contributed by atoms with E-state index >= 15 is 0 Å². The lowest BCUT2D eigenvalue weighted by Gasteiger charge is -2.35. The molecule has 1 aliphatic rings. The van der Waals surface area contributed by atoms with Crippen LogP contribution in [0.25, 0.3) is 0 Å². The second-order valence-corrected chi connectivity index (χ2v) is 5.95. The van der Waals surface area contributed by atoms with Gasteiger partial charge in [-0.1, -0.05) is 49.4 Å². The summed E-state index contributed by atoms with van der Waals surface area (Å²) in [4.78, 5) is 2.51. The Kier molecular flexibility index (Phi) is 3.98. The molecule has 2 aromatic rings. The summed E-state index contributed by atoms with van der Waals surface area (Å²) in [7, 11) is 0. The molecule has 2 atom stereocenters. The Balaban J connectivity index is 2.04. The summed E-state index contributed by atoms with van der Waals surface area (Å²) < 4.78 is 0. The Hall–Kier alpha value is -1.80. The van der Waals surface area contributed by atoms with Crippen molar-refractivity contribution in [2.24, 2.45) is 5.73 Å². The maximum absolute atomic E-state index is 6.51. The number of benzene rings is 2. The fourth-order valence-electron chi connectivity index (χ4n) is 3.42. The molecule has 0 spiro atoms. The first-order chi connectivity index (χ1) is 10.2. The Bertz CT molecular complexity index is 620. The monoisotopic (exact) mass is 280 g/mol. The van der Waals surface area contributed by atoms with Gasteiger partial charge in [0.2, 0.25) is 0 Å². The number of para-hydroxylation sites is 1. The van der Waals surface area contributed by atoms with Crippen LogP contribution in [0.15, 0.2) is 48.5 Å². The van der Waals surface area contributed by atoms with Gasteiger partial charge in [0.05, 0.1) is 6.04 Å². The Labute approximate surface area is 127 Å². The minimum absolute atomic E-state index is 0.150. The Morgan fingerprint density at radius 1 is 1.10 bits per heavy atom. The van der Waals surface area contributed by atoms with Gasteiger partial charge in [-0.25, -0.2) is 0 Å². The first-order valence-corrected chi connectivity index (χ1v) is 7.88. The number of aryl methyl sites for hydroxylation is 1. The van der Waals surface area contributed by atoms with E-state index in [2.05, 4.69) is 67.3 Å². The molecule has 0 bridgehead atoms. The van der Waals surface area contributed by atoms with E-state index in [0.717, 1.165) is 19.4 Å². The van der Waals surface area contributed by atoms with E-state index in [1.807, 2.05) is 0 Å². The molecule has 2 nitrogen and oxygen atoms in total. The molecule has 21 heavy (non-hydrogen) atoms. The standard InChI is InChI=1S/C19H24N2/c1-3-17(20)19(16-10-6-4-8-14(16)2)21-13-12-15-9-5-7-11-18(15)21/h4-11,17,19H,3,12-13,20H2,1-2H3. The highest BCUT2D eigenvalue weighted by molar-refractivity contribution is 5.60. The second kappa shape index (κ2) is 5.90. The normalized spacial score (nSPS) is 16.6. The number of anilines is 1. The lowest BCUT2D eigenvalue weighted by Crippen LogP contribution is -2.40. The molecule has 0 aromatic heterocycles. The number of hydrogen-bond acceptors (Lipinski definition) is 2. The van der Waals surface area contributed by atoms with E-state index < -0.39 is 0 Å². The van der Waals surface area contributed by atoms with E-state index in [1.165, 1.54) is 22.4 Å². The number of rotatable bonds is 4. The highest BCUT2D eigenvalue weighted by Crippen LogP contribution is 2.37. The summed E-state index contributed by atoms with van der Waals surface area (Å²) in [6.07, 6.45) is 2.10. The summed E-state index contributed by atoms with van der Waals surface area (Å²) in [6.45, 7) is 5.43. The molecule has 2 N–H and O–H groups in total. The fourth-order valence-corrected chi connectivity index (χ4v) is 3.42. The van der Waals surface area contributed by atoms with E-state index in [-0.39, 0.29) is 12.1 Å². The molecule has 0 saturated heterocycles. The molecule has 2 heteroatoms. The predicted molar refractivity (Wildman–Crippen MR) is 89.7 cm³/mol. The third-order valence-corrected chi connectivity index (χ3v) is 4.64. The highest BCUT2D eigenvalue weighted by Gasteiger charge is 2.31. The van der Waals surface area contributed by atoms with Crippen molar-refractivity contribution in [1.29, 1.82) is 0 Å². The van der Waals surface area contributed by atoms with Gasteiger partial charge < -0.3 is 10.6 Å². The van der Waals surface area contributed by atoms with Crippen molar-refractivity contribution >= 4 is 5.69 Å². The van der Waals surface area contributed by atoms with Gasteiger partial charge in [-0.05, 0) is 42.5 Å². The van der Waals surface area contributed by atoms with Crippen molar-refractivity contribution in [3.05, 3.63) is 65.2 Å². The lowest BCUT2D eigenvalue weighted by molar-refractivity contribution is 0.496. The van der Waals surface area contributed by atoms with Crippen molar-refractivity contribution in [3.63, 3.8) is 0 Å². The number of hydrogen-bond donors (Lipinski definition) is 1. The smallest absolute Gasteiger partial charge is 0.0696 e. The SMILES string of the molecule is CCC(N)C(c1ccccc1C)N1CCc2ccccc21. The lowest BCUT2D eigenvalue weighted by atomic mass is 9.93. The molecule has 0 amide bonds. The molecule has 1 heterocycles. The maximum Gasteiger partial charge on any atom is 0.0696 e. The zero-order valence-electron chi connectivity index (χ0n) is 12.9. The van der Waals surface area contributed by atoms with Crippen LogP contribution in [-0.2, 0) is 6.42 Å². The van der Waals surface area contributed by atoms with Gasteiger partial charge in [0.25, 0.3) is 0 Å². The van der Waals surface area contributed by atoms with E-state index in [4.69, 9.17) is 5.73 Å². The predicted octanol–water partition coefficient (Wildman–Crippen LogP) is 3.84. The van der Waals surface area contributed by atoms with Crippen molar-refractivity contribution in [2.45, 2.75) is 38.8 Å². The van der Waals surface area contributed by atoms with Crippen LogP contribution in [0.1, 0.15) is 36.1 Å². The molecular weight excluding hydrogens is 256 g/mol. The minimum atomic E-state index is 0.150. The molecule has 1 aliphatic heterocycles. The third kappa shape index (κ3) is 2.56. The van der Waals surface area contributed by atoms with Gasteiger partial charge in [0, 0.05) is 18.3 Å². The molecular formula is C19H24N2. The van der Waals surface area contributed by atoms with Crippen molar-refractivity contribution in [3.8, 4) is 0 Å². The summed E-state index contributed by atoms with van der Waals surface area (Å²) in [5, 5.41) is 0.